The van der Waals surface area contributed by atoms with Gasteiger partial charge in [0.2, 0.25) is 0 Å². The number of hydrogen-bond donors (Lipinski definition) is 0. The van der Waals surface area contributed by atoms with Crippen LogP contribution in [0.2, 0.25) is 0 Å². The molecule has 752 valence electrons. The zero-order valence-electron chi connectivity index (χ0n) is 77.6. The van der Waals surface area contributed by atoms with E-state index >= 15 is 0 Å². The minimum atomic E-state index is -6.00. The zero-order valence-corrected chi connectivity index (χ0v) is 100. The van der Waals surface area contributed by atoms with Gasteiger partial charge in [0.25, 0.3) is 0 Å². The van der Waals surface area contributed by atoms with Crippen LogP contribution in [0.25, 0.3) is 0 Å². The van der Waals surface area contributed by atoms with Gasteiger partial charge in [0.1, 0.15) is 74.1 Å². The van der Waals surface area contributed by atoms with Crippen LogP contribution in [0, 0.1) is 0 Å². The molecule has 20 rings (SSSR count). The van der Waals surface area contributed by atoms with E-state index < -0.39 is 77.9 Å². The molecule has 4 aliphatic rings. The van der Waals surface area contributed by atoms with Crippen molar-refractivity contribution in [1.29, 1.82) is 0 Å². The standard InChI is InChI=1S/2C54H40P4S4.4CH2Cl2.2BF4.Pt/c2*1-9-25-41(26-10-1)55(42-27-11-2-12-28-42)49-50(56(43-29-13-3-14-30-43)44-31-15-4-16-32-44)60-53(59-49)54-61-51(57(45-33-17-5-18-34-45)46-35-19-6-20-36-46)52(62-54)58(47-37-21-7-22-38-47)48-39-23-8-24-40-48;4*2-1-3;2*2-1(3,4)5;/h2*1-40H;4*1H2;;;/q;;;;;;2*-1;+2/p+4. The minimum absolute atomic E-state index is 0. The summed E-state index contributed by atoms with van der Waals surface area (Å²) in [6.45, 7) is 0. The predicted octanol–water partition coefficient (Wildman–Crippen LogP) is 34.9. The van der Waals surface area contributed by atoms with Crippen LogP contribution in [-0.4, -0.2) is 35.9 Å². The van der Waals surface area contributed by atoms with Crippen LogP contribution < -0.4 is 84.9 Å². The summed E-state index contributed by atoms with van der Waals surface area (Å²) in [5.74, 6) is 0. The predicted molar refractivity (Wildman–Crippen MR) is 668 cm³/mol. The Bertz CT molecular complexity index is 5340. The first-order valence-electron chi connectivity index (χ1n) is 44.9. The smallest absolute Gasteiger partial charge is 0.418 e. The Morgan fingerprint density at radius 1 is 0.163 bits per heavy atom. The molecule has 0 amide bonds. The average molecular weight is 2590 g/mol. The average Bonchev–Trinajstić information content (AvgIpc) is 1.60. The van der Waals surface area contributed by atoms with Gasteiger partial charge in [-0.2, -0.15) is 0 Å². The quantitative estimate of drug-likeness (QED) is 0.0251. The van der Waals surface area contributed by atoms with E-state index in [1.54, 1.807) is 18.6 Å². The molecule has 0 aromatic heterocycles. The first-order chi connectivity index (χ1) is 71.3. The first kappa shape index (κ1) is 120. The van der Waals surface area contributed by atoms with Crippen molar-refractivity contribution in [2.75, 3.05) is 21.4 Å². The van der Waals surface area contributed by atoms with Gasteiger partial charge in [0.05, 0.1) is 38.3 Å². The van der Waals surface area contributed by atoms with E-state index in [4.69, 9.17) is 92.8 Å². The second kappa shape index (κ2) is 64.3. The Labute approximate surface area is 955 Å². The van der Waals surface area contributed by atoms with Crippen molar-refractivity contribution in [1.82, 2.24) is 0 Å². The molecule has 0 nitrogen and oxygen atoms in total. The minimum Gasteiger partial charge on any atom is -0.418 e. The first-order valence-corrected chi connectivity index (χ1v) is 67.1. The van der Waals surface area contributed by atoms with Gasteiger partial charge in [-0.1, -0.05) is 435 Å². The topological polar surface area (TPSA) is 0 Å². The third-order valence-corrected chi connectivity index (χ3v) is 59.2. The molecule has 0 bridgehead atoms. The molecule has 0 aliphatic carbocycles. The molecule has 0 radical (unpaired) electrons. The maximum Gasteiger partial charge on any atom is 2.00 e. The Balaban J connectivity index is 0.000000217. The van der Waals surface area contributed by atoms with Crippen molar-refractivity contribution in [2.24, 2.45) is 0 Å². The van der Waals surface area contributed by atoms with Crippen LogP contribution in [0.15, 0.2) is 539 Å². The number of rotatable bonds is 24. The van der Waals surface area contributed by atoms with Crippen molar-refractivity contribution < 1.29 is 55.6 Å². The molecule has 0 N–H and O–H groups in total. The molecule has 35 heteroatoms. The van der Waals surface area contributed by atoms with Crippen LogP contribution in [0.4, 0.5) is 34.5 Å². The van der Waals surface area contributed by atoms with Gasteiger partial charge in [-0.15, -0.1) is 92.8 Å². The Kier molecular flexibility index (Phi) is 52.7. The zero-order chi connectivity index (χ0) is 103. The molecule has 0 fully saturated rings. The summed E-state index contributed by atoms with van der Waals surface area (Å²) in [6, 6.07) is 181. The van der Waals surface area contributed by atoms with E-state index in [1.165, 1.54) is 120 Å². The van der Waals surface area contributed by atoms with Gasteiger partial charge in [-0.3, -0.25) is 0 Å². The Morgan fingerprint density at radius 2 is 0.252 bits per heavy atom. The molecule has 0 saturated carbocycles. The normalized spacial score (nSPS) is 13.3. The Morgan fingerprint density at radius 3 is 0.354 bits per heavy atom. The van der Waals surface area contributed by atoms with Gasteiger partial charge in [-0.05, 0) is 218 Å². The van der Waals surface area contributed by atoms with Crippen molar-refractivity contribution in [3.05, 3.63) is 539 Å². The molecular formula is C112H92B2Cl8F8P8PtS8+4. The number of benzene rings is 16. The monoisotopic (exact) mass is 2590 g/mol. The van der Waals surface area contributed by atoms with Gasteiger partial charge >= 0.3 is 35.6 Å². The van der Waals surface area contributed by atoms with E-state index in [0.29, 0.717) is 0 Å². The fourth-order valence-electron chi connectivity index (χ4n) is 15.4. The summed E-state index contributed by atoms with van der Waals surface area (Å²) in [5, 5.41) is 23.3. The fourth-order valence-corrected chi connectivity index (χ4v) is 58.6. The van der Waals surface area contributed by atoms with E-state index in [0.717, 1.165) is 0 Å². The van der Waals surface area contributed by atoms with Gasteiger partial charge in [0, 0.05) is 18.6 Å². The van der Waals surface area contributed by atoms with Crippen LogP contribution in [0.5, 0.6) is 0 Å². The van der Waals surface area contributed by atoms with Gasteiger partial charge in [-0.25, -0.2) is 0 Å². The van der Waals surface area contributed by atoms with Crippen molar-refractivity contribution in [3.63, 3.8) is 0 Å². The van der Waals surface area contributed by atoms with Gasteiger partial charge < -0.3 is 34.5 Å². The molecule has 4 aliphatic heterocycles. The van der Waals surface area contributed by atoms with E-state index in [1.807, 2.05) is 0 Å². The molecule has 0 atom stereocenters. The summed E-state index contributed by atoms with van der Waals surface area (Å²) in [7, 11) is -21.0. The third-order valence-electron chi connectivity index (χ3n) is 21.0. The summed E-state index contributed by atoms with van der Waals surface area (Å²) in [4.78, 5) is 0. The molecule has 0 spiro atoms. The van der Waals surface area contributed by atoms with Crippen LogP contribution >= 0.6 is 250 Å². The molecule has 0 unspecified atom stereocenters. The van der Waals surface area contributed by atoms with E-state index in [9.17, 15) is 34.5 Å². The molecule has 0 saturated heterocycles. The second-order valence-corrected chi connectivity index (χ2v) is 63.7. The molecular weight excluding hydrogens is 2500 g/mol. The molecule has 16 aromatic carbocycles. The summed E-state index contributed by atoms with van der Waals surface area (Å²) in [6.07, 6.45) is 0. The van der Waals surface area contributed by atoms with Crippen LogP contribution in [-0.2, 0) is 21.1 Å². The summed E-state index contributed by atoms with van der Waals surface area (Å²) in [5.41, 5.74) is 0. The number of hydrogen-bond acceptors (Lipinski definition) is 8. The molecule has 147 heavy (non-hydrogen) atoms. The van der Waals surface area contributed by atoms with Gasteiger partial charge in [0.15, 0.2) is 18.6 Å². The van der Waals surface area contributed by atoms with E-state index in [-0.39, 0.29) is 42.4 Å². The van der Waals surface area contributed by atoms with Crippen molar-refractivity contribution >= 4 is 350 Å². The Hall–Kier alpha value is -5.22. The maximum absolute atomic E-state index is 9.75. The number of thioether (sulfide) groups is 8. The van der Waals surface area contributed by atoms with Crippen molar-refractivity contribution in [3.8, 4) is 0 Å². The SMILES string of the molecule is ClCCl.ClCCl.ClCCl.ClCCl.F[B-](F)(F)F.F[B-](F)(F)F.[Pt+2].c1ccc(P(C2=C(P(c3ccccc3)c3ccccc3)SC(=C3SC([PH+](c4ccccc4)c4ccccc4)=C([PH+](c4ccccc4)c4ccccc4)S3)S2)c2ccccc2)cc1.c1ccc(P(C2=C(P(c3ccccc3)c3ccccc3)SC(=C3SC([PH+](c4ccccc4)c4ccccc4)=C([PH+](c4ccccc4)c4ccccc4)S3)S2)c2ccccc2)cc1. The molecule has 16 aromatic rings. The number of alkyl halides is 8. The second-order valence-electron chi connectivity index (χ2n) is 30.4. The van der Waals surface area contributed by atoms with Crippen LogP contribution in [0.3, 0.4) is 0 Å². The maximum atomic E-state index is 9.75. The summed E-state index contributed by atoms with van der Waals surface area (Å²) >= 11 is 54.7. The van der Waals surface area contributed by atoms with Crippen LogP contribution in [0.1, 0.15) is 0 Å². The number of halogens is 16. The van der Waals surface area contributed by atoms with E-state index in [2.05, 4.69) is 579 Å². The third kappa shape index (κ3) is 35.9. The summed E-state index contributed by atoms with van der Waals surface area (Å²) < 4.78 is 95.9. The largest absolute Gasteiger partial charge is 2.00 e. The fraction of sp³-hybridized carbons (Fsp3) is 0.0357. The molecule has 4 heterocycles. The van der Waals surface area contributed by atoms with Crippen molar-refractivity contribution in [2.45, 2.75) is 0 Å².